The van der Waals surface area contributed by atoms with Gasteiger partial charge in [-0.3, -0.25) is 9.20 Å². The van der Waals surface area contributed by atoms with E-state index in [9.17, 15) is 18.0 Å². The summed E-state index contributed by atoms with van der Waals surface area (Å²) in [6.45, 7) is 4.78. The molecule has 150 valence electrons. The minimum Gasteiger partial charge on any atom is -0.472 e. The topological polar surface area (TPSA) is 50.8 Å². The fourth-order valence-electron chi connectivity index (χ4n) is 3.05. The molecule has 0 aliphatic heterocycles. The molecule has 0 saturated carbocycles. The van der Waals surface area contributed by atoms with Crippen LogP contribution < -0.4 is 0 Å². The van der Waals surface area contributed by atoms with Crippen LogP contribution in [0.3, 0.4) is 0 Å². The van der Waals surface area contributed by atoms with E-state index in [2.05, 4.69) is 4.98 Å². The SMILES string of the molecule is CCCN(CCC)C(=O)c1nc2c(C(F)(F)F)cc(-c3ccoc3)cn2c1Cl. The number of hydrogen-bond acceptors (Lipinski definition) is 3. The maximum absolute atomic E-state index is 13.7. The summed E-state index contributed by atoms with van der Waals surface area (Å²) in [7, 11) is 0. The van der Waals surface area contributed by atoms with Crippen LogP contribution in [0.15, 0.2) is 35.3 Å². The quantitative estimate of drug-likeness (QED) is 0.534. The zero-order valence-corrected chi connectivity index (χ0v) is 16.1. The maximum Gasteiger partial charge on any atom is 0.420 e. The van der Waals surface area contributed by atoms with Crippen LogP contribution in [0.2, 0.25) is 5.15 Å². The Labute approximate surface area is 164 Å². The molecule has 0 saturated heterocycles. The van der Waals surface area contributed by atoms with Gasteiger partial charge in [0.05, 0.1) is 18.1 Å². The first-order valence-corrected chi connectivity index (χ1v) is 9.26. The van der Waals surface area contributed by atoms with Crippen LogP contribution in [0, 0.1) is 0 Å². The van der Waals surface area contributed by atoms with Gasteiger partial charge in [-0.2, -0.15) is 13.2 Å². The lowest BCUT2D eigenvalue weighted by atomic mass is 10.1. The van der Waals surface area contributed by atoms with Crippen LogP contribution in [-0.4, -0.2) is 33.3 Å². The molecule has 0 aromatic carbocycles. The Morgan fingerprint density at radius 1 is 1.25 bits per heavy atom. The first kappa shape index (κ1) is 20.3. The summed E-state index contributed by atoms with van der Waals surface area (Å²) in [5.41, 5.74) is -0.835. The van der Waals surface area contributed by atoms with Crippen molar-refractivity contribution in [3.63, 3.8) is 0 Å². The Kier molecular flexibility index (Phi) is 5.69. The van der Waals surface area contributed by atoms with E-state index < -0.39 is 23.3 Å². The molecule has 0 fully saturated rings. The number of furan rings is 1. The number of aromatic nitrogens is 2. The van der Waals surface area contributed by atoms with E-state index in [-0.39, 0.29) is 16.4 Å². The molecule has 0 aliphatic carbocycles. The molecule has 0 aliphatic rings. The van der Waals surface area contributed by atoms with Gasteiger partial charge < -0.3 is 9.32 Å². The van der Waals surface area contributed by atoms with E-state index in [4.69, 9.17) is 16.0 Å². The van der Waals surface area contributed by atoms with Crippen LogP contribution in [0.4, 0.5) is 13.2 Å². The molecule has 0 unspecified atom stereocenters. The normalized spacial score (nSPS) is 11.9. The van der Waals surface area contributed by atoms with Crippen LogP contribution in [0.5, 0.6) is 0 Å². The number of alkyl halides is 3. The van der Waals surface area contributed by atoms with E-state index in [1.165, 1.54) is 18.7 Å². The summed E-state index contributed by atoms with van der Waals surface area (Å²) in [6, 6.07) is 2.52. The number of pyridine rings is 1. The Morgan fingerprint density at radius 2 is 1.93 bits per heavy atom. The molecular formula is C19H19ClF3N3O2. The number of imidazole rings is 1. The Balaban J connectivity index is 2.20. The van der Waals surface area contributed by atoms with Gasteiger partial charge in [0.15, 0.2) is 11.3 Å². The van der Waals surface area contributed by atoms with Gasteiger partial charge in [0, 0.05) is 30.4 Å². The van der Waals surface area contributed by atoms with Crippen LogP contribution in [-0.2, 0) is 6.18 Å². The summed E-state index contributed by atoms with van der Waals surface area (Å²) in [5.74, 6) is -0.476. The average Bonchev–Trinajstić information content (AvgIpc) is 3.28. The zero-order chi connectivity index (χ0) is 20.5. The average molecular weight is 414 g/mol. The maximum atomic E-state index is 13.7. The van der Waals surface area contributed by atoms with Crippen molar-refractivity contribution in [1.29, 1.82) is 0 Å². The van der Waals surface area contributed by atoms with Crippen molar-refractivity contribution >= 4 is 23.2 Å². The second-order valence-corrected chi connectivity index (χ2v) is 6.75. The molecule has 0 bridgehead atoms. The predicted molar refractivity (Wildman–Crippen MR) is 99.4 cm³/mol. The van der Waals surface area contributed by atoms with Crippen LogP contribution >= 0.6 is 11.6 Å². The van der Waals surface area contributed by atoms with Crippen LogP contribution in [0.1, 0.15) is 42.7 Å². The van der Waals surface area contributed by atoms with Crippen molar-refractivity contribution in [3.05, 3.63) is 47.3 Å². The minimum absolute atomic E-state index is 0.145. The van der Waals surface area contributed by atoms with Gasteiger partial charge in [-0.05, 0) is 25.0 Å². The van der Waals surface area contributed by atoms with E-state index in [1.807, 2.05) is 13.8 Å². The molecule has 0 radical (unpaired) electrons. The summed E-state index contributed by atoms with van der Waals surface area (Å²) in [4.78, 5) is 18.4. The number of amides is 1. The van der Waals surface area contributed by atoms with Crippen molar-refractivity contribution in [1.82, 2.24) is 14.3 Å². The molecule has 9 heteroatoms. The first-order chi connectivity index (χ1) is 13.3. The van der Waals surface area contributed by atoms with E-state index in [0.717, 1.165) is 23.3 Å². The number of carbonyl (C=O) groups is 1. The molecule has 5 nitrogen and oxygen atoms in total. The Hall–Kier alpha value is -2.48. The fourth-order valence-corrected chi connectivity index (χ4v) is 3.30. The lowest BCUT2D eigenvalue weighted by Crippen LogP contribution is -2.32. The highest BCUT2D eigenvalue weighted by atomic mass is 35.5. The van der Waals surface area contributed by atoms with Crippen molar-refractivity contribution in [2.45, 2.75) is 32.9 Å². The summed E-state index contributed by atoms with van der Waals surface area (Å²) in [6.07, 6.45) is 0.894. The lowest BCUT2D eigenvalue weighted by Gasteiger charge is -2.20. The number of fused-ring (bicyclic) bond motifs is 1. The second kappa shape index (κ2) is 7.87. The predicted octanol–water partition coefficient (Wildman–Crippen LogP) is 5.53. The molecule has 3 rings (SSSR count). The van der Waals surface area contributed by atoms with E-state index in [0.29, 0.717) is 18.7 Å². The zero-order valence-electron chi connectivity index (χ0n) is 15.4. The number of nitrogens with zero attached hydrogens (tertiary/aromatic N) is 3. The Morgan fingerprint density at radius 3 is 2.46 bits per heavy atom. The monoisotopic (exact) mass is 413 g/mol. The molecular weight excluding hydrogens is 395 g/mol. The highest BCUT2D eigenvalue weighted by Gasteiger charge is 2.36. The molecule has 0 N–H and O–H groups in total. The molecule has 0 spiro atoms. The molecule has 1 amide bonds. The van der Waals surface area contributed by atoms with Crippen molar-refractivity contribution in [2.75, 3.05) is 13.1 Å². The number of hydrogen-bond donors (Lipinski definition) is 0. The number of carbonyl (C=O) groups excluding carboxylic acids is 1. The number of rotatable bonds is 6. The van der Waals surface area contributed by atoms with Crippen molar-refractivity contribution < 1.29 is 22.4 Å². The van der Waals surface area contributed by atoms with Gasteiger partial charge >= 0.3 is 6.18 Å². The minimum atomic E-state index is -4.66. The fraction of sp³-hybridized carbons (Fsp3) is 0.368. The lowest BCUT2D eigenvalue weighted by molar-refractivity contribution is -0.136. The van der Waals surface area contributed by atoms with Gasteiger partial charge in [-0.1, -0.05) is 25.4 Å². The van der Waals surface area contributed by atoms with E-state index >= 15 is 0 Å². The summed E-state index contributed by atoms with van der Waals surface area (Å²) >= 11 is 6.31. The third-order valence-electron chi connectivity index (χ3n) is 4.30. The highest BCUT2D eigenvalue weighted by Crippen LogP contribution is 2.37. The van der Waals surface area contributed by atoms with Gasteiger partial charge in [0.2, 0.25) is 0 Å². The standard InChI is InChI=1S/C19H19ClF3N3O2/c1-3-6-25(7-4-2)18(27)15-16(20)26-10-13(12-5-8-28-11-12)9-14(17(26)24-15)19(21,22)23/h5,8-11H,3-4,6-7H2,1-2H3. The molecule has 28 heavy (non-hydrogen) atoms. The Bertz CT molecular complexity index is 975. The van der Waals surface area contributed by atoms with Crippen molar-refractivity contribution in [2.24, 2.45) is 0 Å². The van der Waals surface area contributed by atoms with Gasteiger partial charge in [-0.15, -0.1) is 0 Å². The third-order valence-corrected chi connectivity index (χ3v) is 4.66. The molecule has 0 atom stereocenters. The van der Waals surface area contributed by atoms with Gasteiger partial charge in [0.1, 0.15) is 5.15 Å². The first-order valence-electron chi connectivity index (χ1n) is 8.88. The van der Waals surface area contributed by atoms with E-state index in [1.54, 1.807) is 11.0 Å². The van der Waals surface area contributed by atoms with Crippen molar-refractivity contribution in [3.8, 4) is 11.1 Å². The highest BCUT2D eigenvalue weighted by molar-refractivity contribution is 6.33. The van der Waals surface area contributed by atoms with Gasteiger partial charge in [0.25, 0.3) is 5.91 Å². The molecule has 3 heterocycles. The number of halogens is 4. The largest absolute Gasteiger partial charge is 0.472 e. The smallest absolute Gasteiger partial charge is 0.420 e. The molecule has 3 aromatic rings. The van der Waals surface area contributed by atoms with Gasteiger partial charge in [-0.25, -0.2) is 4.98 Å². The summed E-state index contributed by atoms with van der Waals surface area (Å²) < 4.78 is 47.1. The van der Waals surface area contributed by atoms with Crippen LogP contribution in [0.25, 0.3) is 16.8 Å². The third kappa shape index (κ3) is 3.73. The summed E-state index contributed by atoms with van der Waals surface area (Å²) in [5, 5.41) is -0.145. The molecule has 3 aromatic heterocycles. The second-order valence-electron chi connectivity index (χ2n) is 6.39.